The van der Waals surface area contributed by atoms with Crippen molar-refractivity contribution in [2.24, 2.45) is 5.92 Å². The van der Waals surface area contributed by atoms with Gasteiger partial charge in [0, 0.05) is 30.0 Å². The van der Waals surface area contributed by atoms with Crippen LogP contribution in [0.25, 0.3) is 0 Å². The Labute approximate surface area is 193 Å². The first-order valence-corrected chi connectivity index (χ1v) is 12.1. The van der Waals surface area contributed by atoms with E-state index in [-0.39, 0.29) is 23.1 Å². The molecule has 0 spiro atoms. The zero-order chi connectivity index (χ0) is 23.6. The highest BCUT2D eigenvalue weighted by Gasteiger charge is 2.35. The van der Waals surface area contributed by atoms with E-state index < -0.39 is 15.9 Å². The second-order valence-corrected chi connectivity index (χ2v) is 9.86. The van der Waals surface area contributed by atoms with E-state index >= 15 is 0 Å². The largest absolute Gasteiger partial charge is 0.326 e. The fraction of sp³-hybridized carbons (Fsp3) is 0.200. The van der Waals surface area contributed by atoms with Crippen LogP contribution in [-0.4, -0.2) is 26.8 Å². The maximum absolute atomic E-state index is 12.8. The highest BCUT2D eigenvalue weighted by molar-refractivity contribution is 7.92. The lowest BCUT2D eigenvalue weighted by molar-refractivity contribution is -0.122. The molecule has 1 heterocycles. The van der Waals surface area contributed by atoms with Crippen molar-refractivity contribution in [3.05, 3.63) is 83.9 Å². The van der Waals surface area contributed by atoms with Gasteiger partial charge in [0.1, 0.15) is 0 Å². The zero-order valence-electron chi connectivity index (χ0n) is 18.4. The fourth-order valence-corrected chi connectivity index (χ4v) is 4.84. The quantitative estimate of drug-likeness (QED) is 0.575. The molecule has 33 heavy (non-hydrogen) atoms. The number of aryl methyl sites for hydroxylation is 2. The van der Waals surface area contributed by atoms with Crippen molar-refractivity contribution in [2.75, 3.05) is 21.5 Å². The van der Waals surface area contributed by atoms with Crippen LogP contribution in [0.1, 0.15) is 17.5 Å². The third-order valence-electron chi connectivity index (χ3n) is 5.64. The molecule has 1 saturated heterocycles. The third-order valence-corrected chi connectivity index (χ3v) is 7.04. The zero-order valence-corrected chi connectivity index (χ0v) is 19.2. The third kappa shape index (κ3) is 5.06. The molecule has 0 aromatic heterocycles. The highest BCUT2D eigenvalue weighted by Crippen LogP contribution is 2.28. The predicted molar refractivity (Wildman–Crippen MR) is 129 cm³/mol. The lowest BCUT2D eigenvalue weighted by Crippen LogP contribution is -2.28. The summed E-state index contributed by atoms with van der Waals surface area (Å²) in [6, 6.07) is 20.6. The first-order chi connectivity index (χ1) is 15.7. The average molecular weight is 464 g/mol. The van der Waals surface area contributed by atoms with Crippen LogP contribution in [-0.2, 0) is 19.6 Å². The van der Waals surface area contributed by atoms with Gasteiger partial charge in [-0.25, -0.2) is 8.42 Å². The van der Waals surface area contributed by atoms with E-state index in [1.165, 1.54) is 24.3 Å². The Morgan fingerprint density at radius 2 is 1.55 bits per heavy atom. The number of anilines is 3. The minimum atomic E-state index is -3.75. The van der Waals surface area contributed by atoms with Crippen molar-refractivity contribution in [3.63, 3.8) is 0 Å². The summed E-state index contributed by atoms with van der Waals surface area (Å²) in [7, 11) is -3.75. The molecule has 8 heteroatoms. The normalized spacial score (nSPS) is 16.0. The molecule has 3 aromatic carbocycles. The Morgan fingerprint density at radius 3 is 2.21 bits per heavy atom. The van der Waals surface area contributed by atoms with Gasteiger partial charge in [-0.15, -0.1) is 0 Å². The van der Waals surface area contributed by atoms with Gasteiger partial charge in [-0.3, -0.25) is 14.3 Å². The number of nitrogens with one attached hydrogen (secondary N) is 2. The first-order valence-electron chi connectivity index (χ1n) is 10.6. The predicted octanol–water partition coefficient (Wildman–Crippen LogP) is 4.10. The molecular weight excluding hydrogens is 438 g/mol. The van der Waals surface area contributed by atoms with Crippen molar-refractivity contribution in [1.82, 2.24) is 0 Å². The van der Waals surface area contributed by atoms with Crippen molar-refractivity contribution in [1.29, 1.82) is 0 Å². The number of rotatable bonds is 6. The fourth-order valence-electron chi connectivity index (χ4n) is 3.78. The summed E-state index contributed by atoms with van der Waals surface area (Å²) in [4.78, 5) is 27.0. The van der Waals surface area contributed by atoms with Gasteiger partial charge in [-0.05, 0) is 61.9 Å². The van der Waals surface area contributed by atoms with Gasteiger partial charge in [0.05, 0.1) is 10.8 Å². The van der Waals surface area contributed by atoms with E-state index in [4.69, 9.17) is 0 Å². The summed E-state index contributed by atoms with van der Waals surface area (Å²) in [6.45, 7) is 4.16. The molecule has 2 N–H and O–H groups in total. The van der Waals surface area contributed by atoms with Crippen LogP contribution in [0.2, 0.25) is 0 Å². The van der Waals surface area contributed by atoms with E-state index in [2.05, 4.69) is 10.0 Å². The number of para-hydroxylation sites is 1. The Balaban J connectivity index is 1.40. The minimum Gasteiger partial charge on any atom is -0.326 e. The van der Waals surface area contributed by atoms with Crippen molar-refractivity contribution >= 4 is 38.9 Å². The number of amides is 2. The summed E-state index contributed by atoms with van der Waals surface area (Å²) in [6.07, 6.45) is 0.132. The Morgan fingerprint density at radius 1 is 0.909 bits per heavy atom. The van der Waals surface area contributed by atoms with E-state index in [1.54, 1.807) is 17.0 Å². The van der Waals surface area contributed by atoms with Gasteiger partial charge in [0.15, 0.2) is 0 Å². The maximum atomic E-state index is 12.8. The summed E-state index contributed by atoms with van der Waals surface area (Å²) in [5.41, 5.74) is 3.76. The molecule has 0 bridgehead atoms. The van der Waals surface area contributed by atoms with Crippen LogP contribution in [0.3, 0.4) is 0 Å². The summed E-state index contributed by atoms with van der Waals surface area (Å²) < 4.78 is 27.8. The molecule has 1 atom stereocenters. The molecule has 1 aliphatic rings. The Kier molecular flexibility index (Phi) is 6.20. The molecule has 7 nitrogen and oxygen atoms in total. The van der Waals surface area contributed by atoms with Gasteiger partial charge in [0.2, 0.25) is 11.8 Å². The van der Waals surface area contributed by atoms with E-state index in [0.717, 1.165) is 16.8 Å². The topological polar surface area (TPSA) is 95.6 Å². The molecule has 1 aliphatic heterocycles. The maximum Gasteiger partial charge on any atom is 0.261 e. The standard InChI is InChI=1S/C25H25N3O4S/c1-17-7-9-21(10-8-17)27-33(31,32)22-13-11-20(12-14-22)26-25(30)19-15-24(29)28(16-19)23-6-4-3-5-18(23)2/h3-14,19,27H,15-16H2,1-2H3,(H,26,30)/t19-/m1/s1. The lowest BCUT2D eigenvalue weighted by Gasteiger charge is -2.19. The molecule has 0 unspecified atom stereocenters. The van der Waals surface area contributed by atoms with Gasteiger partial charge in [-0.1, -0.05) is 35.9 Å². The van der Waals surface area contributed by atoms with E-state index in [9.17, 15) is 18.0 Å². The molecule has 170 valence electrons. The van der Waals surface area contributed by atoms with Crippen LogP contribution in [0.15, 0.2) is 77.7 Å². The molecular formula is C25H25N3O4S. The van der Waals surface area contributed by atoms with E-state index in [1.807, 2.05) is 50.2 Å². The van der Waals surface area contributed by atoms with Crippen molar-refractivity contribution in [2.45, 2.75) is 25.2 Å². The van der Waals surface area contributed by atoms with Crippen LogP contribution < -0.4 is 14.9 Å². The first kappa shape index (κ1) is 22.5. The Bertz CT molecular complexity index is 1290. The summed E-state index contributed by atoms with van der Waals surface area (Å²) >= 11 is 0. The van der Waals surface area contributed by atoms with Crippen molar-refractivity contribution < 1.29 is 18.0 Å². The molecule has 2 amide bonds. The number of carbonyl (C=O) groups excluding carboxylic acids is 2. The summed E-state index contributed by atoms with van der Waals surface area (Å²) in [5, 5.41) is 2.79. The second kappa shape index (κ2) is 9.07. The number of sulfonamides is 1. The lowest BCUT2D eigenvalue weighted by atomic mass is 10.1. The van der Waals surface area contributed by atoms with Gasteiger partial charge < -0.3 is 10.2 Å². The van der Waals surface area contributed by atoms with Crippen LogP contribution in [0, 0.1) is 19.8 Å². The number of hydrogen-bond donors (Lipinski definition) is 2. The monoisotopic (exact) mass is 463 g/mol. The van der Waals surface area contributed by atoms with Crippen LogP contribution >= 0.6 is 0 Å². The highest BCUT2D eigenvalue weighted by atomic mass is 32.2. The SMILES string of the molecule is Cc1ccc(NS(=O)(=O)c2ccc(NC(=O)[C@@H]3CC(=O)N(c4ccccc4C)C3)cc2)cc1. The number of nitrogens with zero attached hydrogens (tertiary/aromatic N) is 1. The van der Waals surface area contributed by atoms with Crippen molar-refractivity contribution in [3.8, 4) is 0 Å². The second-order valence-electron chi connectivity index (χ2n) is 8.18. The van der Waals surface area contributed by atoms with Crippen LogP contribution in [0.4, 0.5) is 17.1 Å². The molecule has 1 fully saturated rings. The molecule has 0 aliphatic carbocycles. The minimum absolute atomic E-state index is 0.0860. The Hall–Kier alpha value is -3.65. The number of hydrogen-bond acceptors (Lipinski definition) is 4. The summed E-state index contributed by atoms with van der Waals surface area (Å²) in [5.74, 6) is -0.843. The average Bonchev–Trinajstić information content (AvgIpc) is 3.17. The van der Waals surface area contributed by atoms with Crippen LogP contribution in [0.5, 0.6) is 0 Å². The van der Waals surface area contributed by atoms with Gasteiger partial charge in [-0.2, -0.15) is 0 Å². The molecule has 4 rings (SSSR count). The van der Waals surface area contributed by atoms with E-state index in [0.29, 0.717) is 17.9 Å². The number of carbonyl (C=O) groups is 2. The smallest absolute Gasteiger partial charge is 0.261 e. The molecule has 0 saturated carbocycles. The number of benzene rings is 3. The van der Waals surface area contributed by atoms with Gasteiger partial charge >= 0.3 is 0 Å². The molecule has 0 radical (unpaired) electrons. The van der Waals surface area contributed by atoms with Gasteiger partial charge in [0.25, 0.3) is 10.0 Å². The molecule has 3 aromatic rings.